The molecule has 1 amide bonds. The number of carbonyl (C=O) groups excluding carboxylic acids is 1. The first kappa shape index (κ1) is 30.2. The van der Waals surface area contributed by atoms with Gasteiger partial charge in [0, 0.05) is 27.1 Å². The van der Waals surface area contributed by atoms with Crippen molar-refractivity contribution in [1.29, 1.82) is 0 Å². The van der Waals surface area contributed by atoms with Gasteiger partial charge in [0.25, 0.3) is 5.91 Å². The fraction of sp³-hybridized carbons (Fsp3) is 0.129. The van der Waals surface area contributed by atoms with Gasteiger partial charge in [-0.1, -0.05) is 85.7 Å². The number of hydrazone groups is 1. The number of hydrogen-bond donors (Lipinski definition) is 0. The predicted molar refractivity (Wildman–Crippen MR) is 177 cm³/mol. The lowest BCUT2D eigenvalue weighted by molar-refractivity contribution is 0.0987. The molecule has 42 heavy (non-hydrogen) atoms. The Labute approximate surface area is 265 Å². The Bertz CT molecular complexity index is 1840. The summed E-state index contributed by atoms with van der Waals surface area (Å²) >= 11 is 8.25. The maximum Gasteiger partial charge on any atom is 0.280 e. The second-order valence-corrected chi connectivity index (χ2v) is 14.4. The number of anilines is 1. The van der Waals surface area contributed by atoms with E-state index in [1.807, 2.05) is 86.6 Å². The summed E-state index contributed by atoms with van der Waals surface area (Å²) in [5, 5.41) is 6.16. The molecule has 7 nitrogen and oxygen atoms in total. The van der Waals surface area contributed by atoms with E-state index in [9.17, 15) is 13.2 Å². The maximum atomic E-state index is 13.8. The summed E-state index contributed by atoms with van der Waals surface area (Å²) in [6.45, 7) is 3.93. The second-order valence-electron chi connectivity index (χ2n) is 9.68. The van der Waals surface area contributed by atoms with Gasteiger partial charge < -0.3 is 0 Å². The third-order valence-electron chi connectivity index (χ3n) is 6.37. The molecule has 1 aromatic heterocycles. The SMILES string of the molecule is CC(C)N(Cc1ccccc1)S(=O)(=O)c1ccc(C(=O)N(/N=C/c2ccc(Br)cc2)c2nc3ccc(Br)cc3s2)cc1. The van der Waals surface area contributed by atoms with Crippen LogP contribution in [0.3, 0.4) is 0 Å². The van der Waals surface area contributed by atoms with Crippen LogP contribution in [0.1, 0.15) is 35.3 Å². The summed E-state index contributed by atoms with van der Waals surface area (Å²) in [4.78, 5) is 18.6. The van der Waals surface area contributed by atoms with Crippen molar-refractivity contribution in [1.82, 2.24) is 9.29 Å². The molecule has 0 unspecified atom stereocenters. The van der Waals surface area contributed by atoms with E-state index in [1.165, 1.54) is 44.9 Å². The average Bonchev–Trinajstić information content (AvgIpc) is 3.40. The van der Waals surface area contributed by atoms with Crippen LogP contribution in [-0.4, -0.2) is 35.9 Å². The average molecular weight is 727 g/mol. The molecule has 214 valence electrons. The zero-order valence-electron chi connectivity index (χ0n) is 22.7. The highest BCUT2D eigenvalue weighted by Gasteiger charge is 2.28. The number of sulfonamides is 1. The highest BCUT2D eigenvalue weighted by molar-refractivity contribution is 9.10. The Hall–Kier alpha value is -3.22. The minimum atomic E-state index is -3.82. The van der Waals surface area contributed by atoms with Crippen molar-refractivity contribution in [2.45, 2.75) is 31.3 Å². The molecule has 0 saturated heterocycles. The molecule has 0 fully saturated rings. The standard InChI is InChI=1S/C31H26Br2N4O3S2/c1-21(2)36(20-23-6-4-3-5-7-23)42(39,40)27-15-10-24(11-16-27)30(38)37(34-19-22-8-12-25(32)13-9-22)31-35-28-17-14-26(33)18-29(28)41-31/h3-19,21H,20H2,1-2H3/b34-19+. The summed E-state index contributed by atoms with van der Waals surface area (Å²) in [5.41, 5.74) is 2.71. The lowest BCUT2D eigenvalue weighted by atomic mass is 10.2. The number of fused-ring (bicyclic) bond motifs is 1. The van der Waals surface area contributed by atoms with Crippen LogP contribution in [-0.2, 0) is 16.6 Å². The van der Waals surface area contributed by atoms with Crippen LogP contribution >= 0.6 is 43.2 Å². The molecule has 0 aliphatic rings. The van der Waals surface area contributed by atoms with Crippen molar-refractivity contribution in [2.24, 2.45) is 5.10 Å². The Morgan fingerprint density at radius 1 is 0.929 bits per heavy atom. The van der Waals surface area contributed by atoms with Gasteiger partial charge in [-0.05, 0) is 79.6 Å². The normalized spacial score (nSPS) is 12.0. The molecule has 4 aromatic carbocycles. The van der Waals surface area contributed by atoms with Gasteiger partial charge in [-0.3, -0.25) is 4.79 Å². The molecule has 0 aliphatic heterocycles. The van der Waals surface area contributed by atoms with Gasteiger partial charge in [0.05, 0.1) is 21.3 Å². The molecule has 0 radical (unpaired) electrons. The van der Waals surface area contributed by atoms with Gasteiger partial charge in [-0.15, -0.1) is 0 Å². The molecule has 0 aliphatic carbocycles. The summed E-state index contributed by atoms with van der Waals surface area (Å²) in [7, 11) is -3.82. The van der Waals surface area contributed by atoms with Crippen molar-refractivity contribution < 1.29 is 13.2 Å². The lowest BCUT2D eigenvalue weighted by Gasteiger charge is -2.26. The van der Waals surface area contributed by atoms with E-state index in [2.05, 4.69) is 41.9 Å². The van der Waals surface area contributed by atoms with E-state index in [1.54, 1.807) is 6.21 Å². The summed E-state index contributed by atoms with van der Waals surface area (Å²) in [6.07, 6.45) is 1.59. The largest absolute Gasteiger partial charge is 0.280 e. The van der Waals surface area contributed by atoms with E-state index < -0.39 is 15.9 Å². The number of amides is 1. The Morgan fingerprint density at radius 2 is 1.60 bits per heavy atom. The van der Waals surface area contributed by atoms with E-state index >= 15 is 0 Å². The van der Waals surface area contributed by atoms with Gasteiger partial charge in [-0.2, -0.15) is 14.4 Å². The number of rotatable bonds is 9. The van der Waals surface area contributed by atoms with Crippen LogP contribution in [0.5, 0.6) is 0 Å². The number of carbonyl (C=O) groups is 1. The minimum absolute atomic E-state index is 0.110. The maximum absolute atomic E-state index is 13.8. The Balaban J connectivity index is 1.46. The molecule has 0 spiro atoms. The van der Waals surface area contributed by atoms with Crippen LogP contribution in [0.15, 0.2) is 116 Å². The minimum Gasteiger partial charge on any atom is -0.267 e. The zero-order chi connectivity index (χ0) is 29.9. The van der Waals surface area contributed by atoms with Crippen LogP contribution < -0.4 is 5.01 Å². The smallest absolute Gasteiger partial charge is 0.267 e. The number of aromatic nitrogens is 1. The number of halogens is 2. The summed E-state index contributed by atoms with van der Waals surface area (Å²) in [6, 6.07) is 28.4. The van der Waals surface area contributed by atoms with Crippen LogP contribution in [0.2, 0.25) is 0 Å². The Kier molecular flexibility index (Phi) is 9.34. The zero-order valence-corrected chi connectivity index (χ0v) is 27.5. The highest BCUT2D eigenvalue weighted by atomic mass is 79.9. The van der Waals surface area contributed by atoms with Crippen molar-refractivity contribution in [3.8, 4) is 0 Å². The van der Waals surface area contributed by atoms with Gasteiger partial charge in [0.15, 0.2) is 0 Å². The lowest BCUT2D eigenvalue weighted by Crippen LogP contribution is -2.36. The molecule has 0 atom stereocenters. The van der Waals surface area contributed by atoms with Crippen molar-refractivity contribution in [3.63, 3.8) is 0 Å². The second kappa shape index (κ2) is 13.0. The fourth-order valence-electron chi connectivity index (χ4n) is 4.17. The molecule has 5 rings (SSSR count). The van der Waals surface area contributed by atoms with Gasteiger partial charge in [0.2, 0.25) is 15.2 Å². The van der Waals surface area contributed by atoms with E-state index in [0.717, 1.165) is 30.3 Å². The number of thiazole rings is 1. The van der Waals surface area contributed by atoms with Gasteiger partial charge in [0.1, 0.15) is 0 Å². The fourth-order valence-corrected chi connectivity index (χ4v) is 7.54. The molecule has 5 aromatic rings. The van der Waals surface area contributed by atoms with Gasteiger partial charge in [-0.25, -0.2) is 13.4 Å². The first-order valence-corrected chi connectivity index (χ1v) is 16.8. The molecule has 11 heteroatoms. The van der Waals surface area contributed by atoms with E-state index in [4.69, 9.17) is 0 Å². The predicted octanol–water partition coefficient (Wildman–Crippen LogP) is 8.10. The molecular weight excluding hydrogens is 700 g/mol. The van der Waals surface area contributed by atoms with Crippen molar-refractivity contribution in [2.75, 3.05) is 5.01 Å². The first-order valence-electron chi connectivity index (χ1n) is 13.0. The number of benzene rings is 4. The van der Waals surface area contributed by atoms with Crippen LogP contribution in [0.4, 0.5) is 5.13 Å². The van der Waals surface area contributed by atoms with Crippen LogP contribution in [0.25, 0.3) is 10.2 Å². The molecule has 0 saturated carbocycles. The summed E-state index contributed by atoms with van der Waals surface area (Å²) in [5.74, 6) is -0.435. The van der Waals surface area contributed by atoms with Crippen molar-refractivity contribution in [3.05, 3.63) is 123 Å². The Morgan fingerprint density at radius 3 is 2.26 bits per heavy atom. The first-order chi connectivity index (χ1) is 20.1. The van der Waals surface area contributed by atoms with Gasteiger partial charge >= 0.3 is 0 Å². The highest BCUT2D eigenvalue weighted by Crippen LogP contribution is 2.32. The monoisotopic (exact) mass is 724 g/mol. The molecule has 1 heterocycles. The van der Waals surface area contributed by atoms with Crippen LogP contribution in [0, 0.1) is 0 Å². The number of nitrogens with zero attached hydrogens (tertiary/aromatic N) is 4. The quantitative estimate of drug-likeness (QED) is 0.114. The topological polar surface area (TPSA) is 82.9 Å². The number of hydrogen-bond acceptors (Lipinski definition) is 6. The molecule has 0 N–H and O–H groups in total. The van der Waals surface area contributed by atoms with E-state index in [-0.39, 0.29) is 23.0 Å². The molecule has 0 bridgehead atoms. The van der Waals surface area contributed by atoms with E-state index in [0.29, 0.717) is 5.13 Å². The summed E-state index contributed by atoms with van der Waals surface area (Å²) < 4.78 is 31.4. The molecular formula is C31H26Br2N4O3S2. The third-order valence-corrected chi connectivity index (χ3v) is 10.4. The third kappa shape index (κ3) is 6.87. The van der Waals surface area contributed by atoms with Crippen molar-refractivity contribution >= 4 is 80.7 Å².